The number of hydrogen-bond donors (Lipinski definition) is 1. The van der Waals surface area contributed by atoms with Crippen LogP contribution in [0.2, 0.25) is 5.02 Å². The Morgan fingerprint density at radius 3 is 2.54 bits per heavy atom. The number of benzene rings is 2. The number of nitrogens with zero attached hydrogens (tertiary/aromatic N) is 3. The summed E-state index contributed by atoms with van der Waals surface area (Å²) >= 11 is 10.9. The lowest BCUT2D eigenvalue weighted by Gasteiger charge is -2.14. The summed E-state index contributed by atoms with van der Waals surface area (Å²) < 4.78 is 8.20. The van der Waals surface area contributed by atoms with Crippen molar-refractivity contribution in [2.24, 2.45) is 0 Å². The fourth-order valence-corrected chi connectivity index (χ4v) is 3.28. The molecule has 0 radical (unpaired) electrons. The average Bonchev–Trinajstić information content (AvgIpc) is 2.70. The standard InChI is InChI=1S/C19H18BrClN4O2S/c1-2-28-12-25-18(26)17(11-27-16-9-5-14(21)6-10-16)23-24-19(25)22-15-7-3-13(20)4-8-15/h3-10H,2,11-12H2,1H3,(H,22,24). The summed E-state index contributed by atoms with van der Waals surface area (Å²) in [6.07, 6.45) is 0. The number of halogens is 2. The summed E-state index contributed by atoms with van der Waals surface area (Å²) in [5.41, 5.74) is 0.829. The molecule has 0 bridgehead atoms. The van der Waals surface area contributed by atoms with Crippen molar-refractivity contribution < 1.29 is 4.74 Å². The fourth-order valence-electron chi connectivity index (χ4n) is 2.29. The van der Waals surface area contributed by atoms with Crippen molar-refractivity contribution in [3.63, 3.8) is 0 Å². The topological polar surface area (TPSA) is 69.0 Å². The van der Waals surface area contributed by atoms with Crippen LogP contribution in [0.15, 0.2) is 57.8 Å². The zero-order valence-electron chi connectivity index (χ0n) is 15.1. The first-order chi connectivity index (χ1) is 13.6. The molecule has 0 aliphatic heterocycles. The van der Waals surface area contributed by atoms with E-state index in [-0.39, 0.29) is 17.9 Å². The lowest BCUT2D eigenvalue weighted by Crippen LogP contribution is -2.29. The van der Waals surface area contributed by atoms with E-state index in [1.165, 1.54) is 0 Å². The monoisotopic (exact) mass is 480 g/mol. The highest BCUT2D eigenvalue weighted by Gasteiger charge is 2.13. The molecule has 0 fully saturated rings. The molecule has 1 aromatic heterocycles. The number of thioether (sulfide) groups is 1. The predicted octanol–water partition coefficient (Wildman–Crippen LogP) is 5.09. The first-order valence-electron chi connectivity index (χ1n) is 8.52. The van der Waals surface area contributed by atoms with Crippen LogP contribution < -0.4 is 15.6 Å². The van der Waals surface area contributed by atoms with Crippen LogP contribution in [0.3, 0.4) is 0 Å². The van der Waals surface area contributed by atoms with Crippen LogP contribution in [0.1, 0.15) is 12.6 Å². The molecule has 6 nitrogen and oxygen atoms in total. The van der Waals surface area contributed by atoms with Crippen molar-refractivity contribution >= 4 is 50.9 Å². The Hall–Kier alpha value is -2.03. The number of anilines is 2. The second-order valence-electron chi connectivity index (χ2n) is 5.70. The van der Waals surface area contributed by atoms with E-state index in [2.05, 4.69) is 31.4 Å². The molecule has 28 heavy (non-hydrogen) atoms. The van der Waals surface area contributed by atoms with Crippen LogP contribution in [-0.4, -0.2) is 20.5 Å². The second-order valence-corrected chi connectivity index (χ2v) is 8.30. The molecule has 3 rings (SSSR count). The maximum Gasteiger partial charge on any atom is 0.281 e. The van der Waals surface area contributed by atoms with E-state index in [1.807, 2.05) is 31.2 Å². The third-order valence-corrected chi connectivity index (χ3v) is 5.36. The Morgan fingerprint density at radius 1 is 1.14 bits per heavy atom. The van der Waals surface area contributed by atoms with E-state index >= 15 is 0 Å². The van der Waals surface area contributed by atoms with Crippen LogP contribution >= 0.6 is 39.3 Å². The first-order valence-corrected chi connectivity index (χ1v) is 10.8. The van der Waals surface area contributed by atoms with Gasteiger partial charge in [-0.2, -0.15) is 0 Å². The van der Waals surface area contributed by atoms with E-state index in [0.717, 1.165) is 15.9 Å². The zero-order valence-corrected chi connectivity index (χ0v) is 18.2. The normalized spacial score (nSPS) is 10.7. The molecule has 0 aliphatic rings. The molecule has 1 heterocycles. The summed E-state index contributed by atoms with van der Waals surface area (Å²) in [5.74, 6) is 2.35. The highest BCUT2D eigenvalue weighted by atomic mass is 79.9. The molecule has 3 aromatic rings. The minimum atomic E-state index is -0.232. The van der Waals surface area contributed by atoms with Gasteiger partial charge in [-0.3, -0.25) is 9.36 Å². The van der Waals surface area contributed by atoms with Crippen LogP contribution in [-0.2, 0) is 12.5 Å². The van der Waals surface area contributed by atoms with Crippen LogP contribution in [0.25, 0.3) is 0 Å². The Bertz CT molecular complexity index is 981. The highest BCUT2D eigenvalue weighted by molar-refractivity contribution is 9.10. The summed E-state index contributed by atoms with van der Waals surface area (Å²) in [4.78, 5) is 12.9. The van der Waals surface area contributed by atoms with Gasteiger partial charge in [0.25, 0.3) is 5.56 Å². The molecule has 0 unspecified atom stereocenters. The van der Waals surface area contributed by atoms with Gasteiger partial charge in [-0.25, -0.2) is 0 Å². The van der Waals surface area contributed by atoms with Crippen molar-refractivity contribution in [1.29, 1.82) is 0 Å². The van der Waals surface area contributed by atoms with Crippen molar-refractivity contribution in [1.82, 2.24) is 14.8 Å². The van der Waals surface area contributed by atoms with Crippen molar-refractivity contribution in [3.8, 4) is 5.75 Å². The van der Waals surface area contributed by atoms with E-state index in [1.54, 1.807) is 40.6 Å². The summed E-state index contributed by atoms with van der Waals surface area (Å²) in [6, 6.07) is 14.5. The molecule has 146 valence electrons. The predicted molar refractivity (Wildman–Crippen MR) is 118 cm³/mol. The van der Waals surface area contributed by atoms with Crippen molar-refractivity contribution in [2.45, 2.75) is 19.4 Å². The van der Waals surface area contributed by atoms with Gasteiger partial charge in [0.1, 0.15) is 12.4 Å². The minimum Gasteiger partial charge on any atom is -0.487 e. The molecular weight excluding hydrogens is 464 g/mol. The van der Waals surface area contributed by atoms with Gasteiger partial charge >= 0.3 is 0 Å². The van der Waals surface area contributed by atoms with Gasteiger partial charge in [0, 0.05) is 15.2 Å². The number of rotatable bonds is 8. The highest BCUT2D eigenvalue weighted by Crippen LogP contribution is 2.19. The zero-order chi connectivity index (χ0) is 19.9. The minimum absolute atomic E-state index is 0.0306. The average molecular weight is 482 g/mol. The molecule has 1 N–H and O–H groups in total. The van der Waals surface area contributed by atoms with Gasteiger partial charge in [0.2, 0.25) is 5.95 Å². The van der Waals surface area contributed by atoms with E-state index in [4.69, 9.17) is 16.3 Å². The lowest BCUT2D eigenvalue weighted by atomic mass is 10.3. The smallest absolute Gasteiger partial charge is 0.281 e. The number of aromatic nitrogens is 3. The van der Waals surface area contributed by atoms with Crippen LogP contribution in [0.5, 0.6) is 5.75 Å². The molecule has 0 atom stereocenters. The summed E-state index contributed by atoms with van der Waals surface area (Å²) in [5, 5.41) is 12.1. The molecular formula is C19H18BrClN4O2S. The largest absolute Gasteiger partial charge is 0.487 e. The maximum atomic E-state index is 12.9. The van der Waals surface area contributed by atoms with E-state index in [9.17, 15) is 4.79 Å². The number of nitrogens with one attached hydrogen (secondary N) is 1. The number of hydrogen-bond acceptors (Lipinski definition) is 6. The van der Waals surface area contributed by atoms with Gasteiger partial charge in [-0.1, -0.05) is 34.5 Å². The maximum absolute atomic E-state index is 12.9. The van der Waals surface area contributed by atoms with E-state index < -0.39 is 0 Å². The Kier molecular flexibility index (Phi) is 7.36. The van der Waals surface area contributed by atoms with Crippen LogP contribution in [0, 0.1) is 0 Å². The molecule has 2 aromatic carbocycles. The lowest BCUT2D eigenvalue weighted by molar-refractivity contribution is 0.296. The molecule has 0 spiro atoms. The van der Waals surface area contributed by atoms with Gasteiger partial charge in [-0.15, -0.1) is 22.0 Å². The third kappa shape index (κ3) is 5.50. The van der Waals surface area contributed by atoms with E-state index in [0.29, 0.717) is 22.6 Å². The quantitative estimate of drug-likeness (QED) is 0.483. The van der Waals surface area contributed by atoms with Gasteiger partial charge in [0.05, 0.1) is 5.88 Å². The fraction of sp³-hybridized carbons (Fsp3) is 0.211. The molecule has 0 aliphatic carbocycles. The third-order valence-electron chi connectivity index (χ3n) is 3.73. The SMILES string of the molecule is CCSCn1c(Nc2ccc(Br)cc2)nnc(COc2ccc(Cl)cc2)c1=O. The van der Waals surface area contributed by atoms with Crippen molar-refractivity contribution in [2.75, 3.05) is 11.1 Å². The molecule has 0 amide bonds. The Balaban J connectivity index is 1.82. The summed E-state index contributed by atoms with van der Waals surface area (Å²) in [7, 11) is 0. The first kappa shape index (κ1) is 20.7. The molecule has 0 saturated heterocycles. The molecule has 9 heteroatoms. The Labute approximate surface area is 180 Å². The second kappa shape index (κ2) is 9.95. The Morgan fingerprint density at radius 2 is 1.86 bits per heavy atom. The van der Waals surface area contributed by atoms with Crippen LogP contribution in [0.4, 0.5) is 11.6 Å². The van der Waals surface area contributed by atoms with Gasteiger partial charge < -0.3 is 10.1 Å². The van der Waals surface area contributed by atoms with Gasteiger partial charge in [-0.05, 0) is 54.3 Å². The molecule has 0 saturated carbocycles. The number of ether oxygens (including phenoxy) is 1. The summed E-state index contributed by atoms with van der Waals surface area (Å²) in [6.45, 7) is 2.07. The van der Waals surface area contributed by atoms with Crippen molar-refractivity contribution in [3.05, 3.63) is 74.1 Å². The van der Waals surface area contributed by atoms with Gasteiger partial charge in [0.15, 0.2) is 5.69 Å².